The van der Waals surface area contributed by atoms with E-state index in [4.69, 9.17) is 10.5 Å². The van der Waals surface area contributed by atoms with Gasteiger partial charge in [0.05, 0.1) is 6.54 Å². The summed E-state index contributed by atoms with van der Waals surface area (Å²) in [6, 6.07) is 11.4. The van der Waals surface area contributed by atoms with Gasteiger partial charge >= 0.3 is 0 Å². The molecule has 0 aliphatic carbocycles. The smallest absolute Gasteiger partial charge is 0.293 e. The van der Waals surface area contributed by atoms with Crippen molar-refractivity contribution in [1.82, 2.24) is 4.57 Å². The molecule has 0 fully saturated rings. The number of hydrogen-bond acceptors (Lipinski definition) is 3. The maximum absolute atomic E-state index is 12.3. The Hall–Kier alpha value is -2.33. The quantitative estimate of drug-likeness (QED) is 0.828. The molecule has 0 aliphatic rings. The summed E-state index contributed by atoms with van der Waals surface area (Å²) < 4.78 is 7.09. The summed E-state index contributed by atoms with van der Waals surface area (Å²) in [7, 11) is 0. The topological polar surface area (TPSA) is 57.2 Å². The van der Waals surface area contributed by atoms with Gasteiger partial charge in [-0.1, -0.05) is 30.8 Å². The Kier molecular flexibility index (Phi) is 4.95. The maximum Gasteiger partial charge on any atom is 0.293 e. The normalized spacial score (nSPS) is 10.4. The van der Waals surface area contributed by atoms with E-state index in [1.165, 1.54) is 0 Å². The van der Waals surface area contributed by atoms with Gasteiger partial charge < -0.3 is 15.0 Å². The molecule has 21 heavy (non-hydrogen) atoms. The molecule has 2 aromatic rings. The van der Waals surface area contributed by atoms with E-state index in [2.05, 4.69) is 6.58 Å². The molecule has 110 valence electrons. The van der Waals surface area contributed by atoms with E-state index in [-0.39, 0.29) is 5.56 Å². The van der Waals surface area contributed by atoms with Gasteiger partial charge in [0.25, 0.3) is 5.56 Å². The largest absolute Gasteiger partial charge is 0.484 e. The minimum Gasteiger partial charge on any atom is -0.484 e. The highest BCUT2D eigenvalue weighted by Gasteiger charge is 2.05. The van der Waals surface area contributed by atoms with E-state index in [0.717, 1.165) is 16.7 Å². The van der Waals surface area contributed by atoms with E-state index in [1.807, 2.05) is 37.3 Å². The van der Waals surface area contributed by atoms with Crippen LogP contribution < -0.4 is 16.0 Å². The van der Waals surface area contributed by atoms with Crippen LogP contribution in [0, 0.1) is 0 Å². The van der Waals surface area contributed by atoms with Crippen LogP contribution in [-0.4, -0.2) is 11.2 Å². The lowest BCUT2D eigenvalue weighted by Crippen LogP contribution is -2.22. The highest BCUT2D eigenvalue weighted by Crippen LogP contribution is 2.08. The number of hydrogen-bond donors (Lipinski definition) is 1. The third kappa shape index (κ3) is 4.07. The van der Waals surface area contributed by atoms with E-state index < -0.39 is 0 Å². The predicted octanol–water partition coefficient (Wildman–Crippen LogP) is 2.31. The van der Waals surface area contributed by atoms with Crippen LogP contribution in [0.3, 0.4) is 0 Å². The van der Waals surface area contributed by atoms with Crippen LogP contribution in [-0.2, 0) is 13.1 Å². The van der Waals surface area contributed by atoms with Gasteiger partial charge in [0.1, 0.15) is 6.61 Å². The molecule has 0 spiro atoms. The fourth-order valence-corrected chi connectivity index (χ4v) is 1.93. The molecule has 2 rings (SSSR count). The van der Waals surface area contributed by atoms with Crippen molar-refractivity contribution in [3.63, 3.8) is 0 Å². The second-order valence-corrected chi connectivity index (χ2v) is 5.07. The maximum atomic E-state index is 12.3. The molecule has 4 nitrogen and oxygen atoms in total. The van der Waals surface area contributed by atoms with Crippen molar-refractivity contribution >= 4 is 0 Å². The Morgan fingerprint density at radius 2 is 1.90 bits per heavy atom. The molecule has 0 unspecified atom stereocenters. The van der Waals surface area contributed by atoms with Gasteiger partial charge in [-0.25, -0.2) is 0 Å². The molecule has 0 radical (unpaired) electrons. The molecule has 0 amide bonds. The molecule has 0 saturated carbocycles. The highest BCUT2D eigenvalue weighted by molar-refractivity contribution is 5.24. The monoisotopic (exact) mass is 284 g/mol. The van der Waals surface area contributed by atoms with Crippen molar-refractivity contribution in [2.45, 2.75) is 20.0 Å². The molecule has 0 bridgehead atoms. The fourth-order valence-electron chi connectivity index (χ4n) is 1.93. The number of ether oxygens (including phenoxy) is 1. The summed E-state index contributed by atoms with van der Waals surface area (Å²) in [5, 5.41) is 0. The fraction of sp³-hybridized carbons (Fsp3) is 0.235. The first kappa shape index (κ1) is 15.1. The molecule has 0 aliphatic heterocycles. The van der Waals surface area contributed by atoms with Crippen LogP contribution >= 0.6 is 0 Å². The standard InChI is InChI=1S/C17H20N2O2/c1-13(2)12-21-16-4-3-9-19(17(16)20)11-15-7-5-14(10-18)6-8-15/h3-9H,1,10-12,18H2,2H3. The summed E-state index contributed by atoms with van der Waals surface area (Å²) in [6.45, 7) is 7.00. The number of nitrogens with two attached hydrogens (primary N) is 1. The number of aromatic nitrogens is 1. The Labute approximate surface area is 124 Å². The molecular weight excluding hydrogens is 264 g/mol. The predicted molar refractivity (Wildman–Crippen MR) is 84.4 cm³/mol. The number of pyridine rings is 1. The molecule has 0 saturated heterocycles. The van der Waals surface area contributed by atoms with Crippen LogP contribution in [0.1, 0.15) is 18.1 Å². The third-order valence-corrected chi connectivity index (χ3v) is 3.07. The van der Waals surface area contributed by atoms with Crippen LogP contribution in [0.5, 0.6) is 5.75 Å². The van der Waals surface area contributed by atoms with Crippen molar-refractivity contribution in [1.29, 1.82) is 0 Å². The van der Waals surface area contributed by atoms with Gasteiger partial charge in [-0.15, -0.1) is 0 Å². The third-order valence-electron chi connectivity index (χ3n) is 3.07. The van der Waals surface area contributed by atoms with Crippen molar-refractivity contribution in [3.8, 4) is 5.75 Å². The van der Waals surface area contributed by atoms with Gasteiger partial charge in [0, 0.05) is 12.7 Å². The van der Waals surface area contributed by atoms with Crippen molar-refractivity contribution in [2.75, 3.05) is 6.61 Å². The van der Waals surface area contributed by atoms with Crippen LogP contribution in [0.2, 0.25) is 0 Å². The van der Waals surface area contributed by atoms with Gasteiger partial charge in [-0.3, -0.25) is 4.79 Å². The van der Waals surface area contributed by atoms with E-state index >= 15 is 0 Å². The molecule has 2 N–H and O–H groups in total. The van der Waals surface area contributed by atoms with Crippen molar-refractivity contribution in [2.24, 2.45) is 5.73 Å². The summed E-state index contributed by atoms with van der Waals surface area (Å²) in [5.41, 5.74) is 8.44. The van der Waals surface area contributed by atoms with Gasteiger partial charge in [-0.05, 0) is 35.8 Å². The zero-order chi connectivity index (χ0) is 15.2. The zero-order valence-corrected chi connectivity index (χ0v) is 12.2. The molecular formula is C17H20N2O2. The van der Waals surface area contributed by atoms with E-state index in [9.17, 15) is 4.79 Å². The Morgan fingerprint density at radius 1 is 1.24 bits per heavy atom. The van der Waals surface area contributed by atoms with Gasteiger partial charge in [0.2, 0.25) is 0 Å². The van der Waals surface area contributed by atoms with Crippen molar-refractivity contribution < 1.29 is 4.74 Å². The minimum atomic E-state index is -0.137. The minimum absolute atomic E-state index is 0.137. The first-order chi connectivity index (χ1) is 10.1. The average Bonchev–Trinajstić information content (AvgIpc) is 2.49. The molecule has 1 aromatic heterocycles. The first-order valence-corrected chi connectivity index (χ1v) is 6.84. The number of nitrogens with zero attached hydrogens (tertiary/aromatic N) is 1. The lowest BCUT2D eigenvalue weighted by molar-refractivity contribution is 0.344. The van der Waals surface area contributed by atoms with Gasteiger partial charge in [0.15, 0.2) is 5.75 Å². The number of rotatable bonds is 6. The van der Waals surface area contributed by atoms with Gasteiger partial charge in [-0.2, -0.15) is 0 Å². The van der Waals surface area contributed by atoms with E-state index in [0.29, 0.717) is 25.4 Å². The summed E-state index contributed by atoms with van der Waals surface area (Å²) in [4.78, 5) is 12.3. The van der Waals surface area contributed by atoms with Crippen LogP contribution in [0.25, 0.3) is 0 Å². The Bertz CT molecular complexity index is 672. The van der Waals surface area contributed by atoms with Crippen LogP contribution in [0.15, 0.2) is 59.5 Å². The molecule has 4 heteroatoms. The van der Waals surface area contributed by atoms with Crippen molar-refractivity contribution in [3.05, 3.63) is 76.2 Å². The lowest BCUT2D eigenvalue weighted by Gasteiger charge is -2.10. The lowest BCUT2D eigenvalue weighted by atomic mass is 10.1. The zero-order valence-electron chi connectivity index (χ0n) is 12.2. The highest BCUT2D eigenvalue weighted by atomic mass is 16.5. The second kappa shape index (κ2) is 6.90. The number of benzene rings is 1. The second-order valence-electron chi connectivity index (χ2n) is 5.07. The van der Waals surface area contributed by atoms with Crippen LogP contribution in [0.4, 0.5) is 0 Å². The summed E-state index contributed by atoms with van der Waals surface area (Å²) in [6.07, 6.45) is 1.76. The summed E-state index contributed by atoms with van der Waals surface area (Å²) >= 11 is 0. The Balaban J connectivity index is 2.17. The summed E-state index contributed by atoms with van der Waals surface area (Å²) in [5.74, 6) is 0.346. The SMILES string of the molecule is C=C(C)COc1cccn(Cc2ccc(CN)cc2)c1=O. The molecule has 1 aromatic carbocycles. The van der Waals surface area contributed by atoms with E-state index in [1.54, 1.807) is 16.8 Å². The first-order valence-electron chi connectivity index (χ1n) is 6.84. The average molecular weight is 284 g/mol. The Morgan fingerprint density at radius 3 is 2.52 bits per heavy atom. The molecule has 1 heterocycles. The molecule has 0 atom stereocenters.